The van der Waals surface area contributed by atoms with Crippen LogP contribution in [0.3, 0.4) is 0 Å². The number of carbonyl (C=O) groups excluding carboxylic acids is 1. The van der Waals surface area contributed by atoms with Crippen molar-refractivity contribution < 1.29 is 9.53 Å². The van der Waals surface area contributed by atoms with Gasteiger partial charge in [0.15, 0.2) is 0 Å². The Morgan fingerprint density at radius 1 is 1.13 bits per heavy atom. The van der Waals surface area contributed by atoms with Crippen LogP contribution in [0.25, 0.3) is 0 Å². The van der Waals surface area contributed by atoms with Crippen LogP contribution in [0.2, 0.25) is 0 Å². The van der Waals surface area contributed by atoms with E-state index in [-0.39, 0.29) is 12.1 Å². The second-order valence-electron chi connectivity index (χ2n) is 5.66. The smallest absolute Gasteiger partial charge is 0.306 e. The molecule has 2 heteroatoms. The third-order valence-electron chi connectivity index (χ3n) is 4.71. The molecule has 1 aliphatic heterocycles. The van der Waals surface area contributed by atoms with Crippen molar-refractivity contribution in [1.82, 2.24) is 0 Å². The van der Waals surface area contributed by atoms with Crippen LogP contribution in [0.15, 0.2) is 0 Å². The molecule has 0 aromatic rings. The minimum absolute atomic E-state index is 0.0212. The van der Waals surface area contributed by atoms with E-state index in [9.17, 15) is 4.79 Å². The first-order valence-corrected chi connectivity index (χ1v) is 6.51. The fraction of sp³-hybridized carbons (Fsp3) is 0.923. The second kappa shape index (κ2) is 3.80. The van der Waals surface area contributed by atoms with Gasteiger partial charge in [0.25, 0.3) is 0 Å². The SMILES string of the molecule is O=C1CCC(CCC2CC3CCC2C3)O1. The highest BCUT2D eigenvalue weighted by Crippen LogP contribution is 2.50. The molecule has 4 unspecified atom stereocenters. The van der Waals surface area contributed by atoms with Crippen LogP contribution in [-0.2, 0) is 9.53 Å². The lowest BCUT2D eigenvalue weighted by Crippen LogP contribution is -2.14. The topological polar surface area (TPSA) is 26.3 Å². The minimum Gasteiger partial charge on any atom is -0.462 e. The van der Waals surface area contributed by atoms with Gasteiger partial charge >= 0.3 is 5.97 Å². The molecule has 3 fully saturated rings. The summed E-state index contributed by atoms with van der Waals surface area (Å²) in [4.78, 5) is 11.0. The maximum Gasteiger partial charge on any atom is 0.306 e. The molecule has 4 atom stereocenters. The maximum absolute atomic E-state index is 11.0. The van der Waals surface area contributed by atoms with E-state index in [2.05, 4.69) is 0 Å². The maximum atomic E-state index is 11.0. The molecule has 1 saturated heterocycles. The summed E-state index contributed by atoms with van der Waals surface area (Å²) >= 11 is 0. The van der Waals surface area contributed by atoms with Crippen LogP contribution in [-0.4, -0.2) is 12.1 Å². The first-order valence-electron chi connectivity index (χ1n) is 6.51. The van der Waals surface area contributed by atoms with Crippen LogP contribution >= 0.6 is 0 Å². The van der Waals surface area contributed by atoms with Crippen LogP contribution < -0.4 is 0 Å². The van der Waals surface area contributed by atoms with E-state index in [1.54, 1.807) is 0 Å². The van der Waals surface area contributed by atoms with E-state index in [0.29, 0.717) is 6.42 Å². The monoisotopic (exact) mass is 208 g/mol. The minimum atomic E-state index is 0.0212. The molecule has 0 aromatic heterocycles. The highest BCUT2D eigenvalue weighted by atomic mass is 16.5. The molecule has 2 saturated carbocycles. The zero-order valence-electron chi connectivity index (χ0n) is 9.28. The Labute approximate surface area is 91.4 Å². The van der Waals surface area contributed by atoms with Crippen LogP contribution in [0.5, 0.6) is 0 Å². The summed E-state index contributed by atoms with van der Waals surface area (Å²) in [6, 6.07) is 0. The third-order valence-corrected chi connectivity index (χ3v) is 4.71. The van der Waals surface area contributed by atoms with Crippen molar-refractivity contribution in [2.75, 3.05) is 0 Å². The summed E-state index contributed by atoms with van der Waals surface area (Å²) in [6.45, 7) is 0. The van der Waals surface area contributed by atoms with Gasteiger partial charge in [0.05, 0.1) is 0 Å². The number of ether oxygens (including phenoxy) is 1. The van der Waals surface area contributed by atoms with Gasteiger partial charge < -0.3 is 4.74 Å². The summed E-state index contributed by atoms with van der Waals surface area (Å²) in [5, 5.41) is 0. The van der Waals surface area contributed by atoms with Crippen molar-refractivity contribution in [2.24, 2.45) is 17.8 Å². The van der Waals surface area contributed by atoms with Crippen molar-refractivity contribution in [3.63, 3.8) is 0 Å². The van der Waals surface area contributed by atoms with Crippen LogP contribution in [0.4, 0.5) is 0 Å². The molecule has 3 rings (SSSR count). The van der Waals surface area contributed by atoms with Crippen LogP contribution in [0.1, 0.15) is 51.4 Å². The summed E-state index contributed by atoms with van der Waals surface area (Å²) < 4.78 is 5.26. The first kappa shape index (κ1) is 9.68. The predicted octanol–water partition coefficient (Wildman–Crippen LogP) is 2.91. The number of fused-ring (bicyclic) bond motifs is 2. The van der Waals surface area contributed by atoms with Crippen molar-refractivity contribution in [1.29, 1.82) is 0 Å². The molecule has 3 aliphatic rings. The molecule has 0 radical (unpaired) electrons. The molecule has 2 aliphatic carbocycles. The van der Waals surface area contributed by atoms with Crippen molar-refractivity contribution >= 4 is 5.97 Å². The molecule has 84 valence electrons. The van der Waals surface area contributed by atoms with E-state index in [1.807, 2.05) is 0 Å². The Bertz CT molecular complexity index is 261. The normalized spacial score (nSPS) is 43.6. The lowest BCUT2D eigenvalue weighted by atomic mass is 9.85. The Balaban J connectivity index is 1.45. The van der Waals surface area contributed by atoms with Gasteiger partial charge in [-0.05, 0) is 56.3 Å². The second-order valence-corrected chi connectivity index (χ2v) is 5.66. The van der Waals surface area contributed by atoms with Gasteiger partial charge in [-0.25, -0.2) is 0 Å². The third kappa shape index (κ3) is 1.91. The van der Waals surface area contributed by atoms with Gasteiger partial charge in [0.1, 0.15) is 6.10 Å². The highest BCUT2D eigenvalue weighted by molar-refractivity contribution is 5.71. The van der Waals surface area contributed by atoms with Gasteiger partial charge in [-0.2, -0.15) is 0 Å². The van der Waals surface area contributed by atoms with Gasteiger partial charge in [0.2, 0.25) is 0 Å². The molecule has 0 N–H and O–H groups in total. The molecule has 2 bridgehead atoms. The van der Waals surface area contributed by atoms with Crippen molar-refractivity contribution in [3.05, 3.63) is 0 Å². The molecule has 0 amide bonds. The summed E-state index contributed by atoms with van der Waals surface area (Å²) in [5.41, 5.74) is 0. The van der Waals surface area contributed by atoms with E-state index in [4.69, 9.17) is 4.74 Å². The quantitative estimate of drug-likeness (QED) is 0.667. The molecule has 15 heavy (non-hydrogen) atoms. The molecular weight excluding hydrogens is 188 g/mol. The first-order chi connectivity index (χ1) is 7.31. The number of rotatable bonds is 3. The molecular formula is C13H20O2. The van der Waals surface area contributed by atoms with Crippen molar-refractivity contribution in [2.45, 2.75) is 57.5 Å². The molecule has 1 heterocycles. The Kier molecular flexibility index (Phi) is 2.45. The van der Waals surface area contributed by atoms with Gasteiger partial charge in [-0.15, -0.1) is 0 Å². The fourth-order valence-corrected chi connectivity index (χ4v) is 3.92. The molecule has 2 nitrogen and oxygen atoms in total. The summed E-state index contributed by atoms with van der Waals surface area (Å²) in [6.07, 6.45) is 10.2. The number of esters is 1. The Morgan fingerprint density at radius 3 is 2.67 bits per heavy atom. The zero-order chi connectivity index (χ0) is 10.3. The van der Waals surface area contributed by atoms with E-state index < -0.39 is 0 Å². The van der Waals surface area contributed by atoms with Gasteiger partial charge in [-0.1, -0.05) is 6.42 Å². The van der Waals surface area contributed by atoms with Gasteiger partial charge in [0, 0.05) is 6.42 Å². The predicted molar refractivity (Wildman–Crippen MR) is 57.3 cm³/mol. The average molecular weight is 208 g/mol. The lowest BCUT2D eigenvalue weighted by molar-refractivity contribution is -0.141. The van der Waals surface area contributed by atoms with Crippen LogP contribution in [0, 0.1) is 17.8 Å². The number of hydrogen-bond donors (Lipinski definition) is 0. The summed E-state index contributed by atoms with van der Waals surface area (Å²) in [7, 11) is 0. The Morgan fingerprint density at radius 2 is 2.07 bits per heavy atom. The number of hydrogen-bond acceptors (Lipinski definition) is 2. The summed E-state index contributed by atoms with van der Waals surface area (Å²) in [5.74, 6) is 3.05. The molecule has 0 aromatic carbocycles. The average Bonchev–Trinajstić information content (AvgIpc) is 2.90. The zero-order valence-corrected chi connectivity index (χ0v) is 9.28. The fourth-order valence-electron chi connectivity index (χ4n) is 3.92. The Hall–Kier alpha value is -0.530. The number of cyclic esters (lactones) is 1. The van der Waals surface area contributed by atoms with E-state index in [0.717, 1.165) is 30.6 Å². The number of carbonyl (C=O) groups is 1. The van der Waals surface area contributed by atoms with E-state index in [1.165, 1.54) is 32.1 Å². The van der Waals surface area contributed by atoms with Crippen molar-refractivity contribution in [3.8, 4) is 0 Å². The lowest BCUT2D eigenvalue weighted by Gasteiger charge is -2.22. The van der Waals surface area contributed by atoms with Gasteiger partial charge in [-0.3, -0.25) is 4.79 Å². The standard InChI is InChI=1S/C13H20O2/c14-13-6-5-12(15-13)4-3-11-8-9-1-2-10(11)7-9/h9-12H,1-8H2. The van der Waals surface area contributed by atoms with E-state index >= 15 is 0 Å². The largest absolute Gasteiger partial charge is 0.462 e. The molecule has 0 spiro atoms. The highest BCUT2D eigenvalue weighted by Gasteiger charge is 2.39.